The number of hydrogen-bond acceptors (Lipinski definition) is 5. The summed E-state index contributed by atoms with van der Waals surface area (Å²) in [6.45, 7) is 0. The van der Waals surface area contributed by atoms with Gasteiger partial charge in [-0.25, -0.2) is 18.7 Å². The maximum atomic E-state index is 14.0. The second kappa shape index (κ2) is 10.8. The lowest BCUT2D eigenvalue weighted by molar-refractivity contribution is 0.0889. The number of nitrogens with zero attached hydrogens (tertiary/aromatic N) is 3. The molecule has 0 unspecified atom stereocenters. The van der Waals surface area contributed by atoms with Crippen LogP contribution in [0.2, 0.25) is 0 Å². The number of hydrogen-bond donors (Lipinski definition) is 3. The Morgan fingerprint density at radius 1 is 0.919 bits per heavy atom. The Labute approximate surface area is 225 Å². The molecule has 3 heterocycles. The van der Waals surface area contributed by atoms with Crippen LogP contribution in [-0.2, 0) is 0 Å². The Morgan fingerprint density at radius 2 is 1.65 bits per heavy atom. The quantitative estimate of drug-likeness (QED) is 0.270. The number of amides is 2. The zero-order valence-electron chi connectivity index (χ0n) is 19.5. The molecule has 3 aromatic heterocycles. The number of carbonyl (C=O) groups excluding carboxylic acids is 2. The van der Waals surface area contributed by atoms with Crippen LogP contribution >= 0.6 is 22.6 Å². The van der Waals surface area contributed by atoms with Crippen molar-refractivity contribution >= 4 is 51.6 Å². The SMILES string of the molecule is O=C(NC1CCC(NC(=O)c2cc(F)cnc2Nc2cccc(I)c2)CC1)c1cn2cc(F)ccc2n1. The summed E-state index contributed by atoms with van der Waals surface area (Å²) in [5.74, 6) is -1.48. The molecular weight excluding hydrogens is 593 g/mol. The first kappa shape index (κ1) is 25.1. The van der Waals surface area contributed by atoms with Crippen molar-refractivity contribution in [2.75, 3.05) is 5.32 Å². The summed E-state index contributed by atoms with van der Waals surface area (Å²) in [4.78, 5) is 34.0. The number of imidazole rings is 1. The van der Waals surface area contributed by atoms with Gasteiger partial charge in [-0.2, -0.15) is 0 Å². The largest absolute Gasteiger partial charge is 0.349 e. The Kier molecular flexibility index (Phi) is 7.31. The van der Waals surface area contributed by atoms with E-state index in [1.165, 1.54) is 35.0 Å². The smallest absolute Gasteiger partial charge is 0.271 e. The van der Waals surface area contributed by atoms with Crippen LogP contribution in [0.25, 0.3) is 5.65 Å². The molecule has 0 spiro atoms. The predicted octanol–water partition coefficient (Wildman–Crippen LogP) is 4.83. The number of aromatic nitrogens is 3. The maximum absolute atomic E-state index is 14.0. The number of carbonyl (C=O) groups is 2. The van der Waals surface area contributed by atoms with Gasteiger partial charge in [-0.05, 0) is 84.7 Å². The summed E-state index contributed by atoms with van der Waals surface area (Å²) in [6.07, 6.45) is 6.45. The fraction of sp³-hybridized carbons (Fsp3) is 0.231. The Morgan fingerprint density at radius 3 is 2.38 bits per heavy atom. The van der Waals surface area contributed by atoms with E-state index in [0.29, 0.717) is 31.3 Å². The molecule has 1 aliphatic carbocycles. The minimum Gasteiger partial charge on any atom is -0.349 e. The average Bonchev–Trinajstić information content (AvgIpc) is 3.30. The van der Waals surface area contributed by atoms with Gasteiger partial charge >= 0.3 is 0 Å². The Bertz CT molecular complexity index is 1470. The van der Waals surface area contributed by atoms with Gasteiger partial charge in [0.1, 0.15) is 28.8 Å². The third-order valence-corrected chi connectivity index (χ3v) is 6.90. The molecule has 1 fully saturated rings. The number of anilines is 2. The summed E-state index contributed by atoms with van der Waals surface area (Å²) in [7, 11) is 0. The van der Waals surface area contributed by atoms with Crippen molar-refractivity contribution in [2.45, 2.75) is 37.8 Å². The van der Waals surface area contributed by atoms with E-state index in [1.54, 1.807) is 0 Å². The number of nitrogens with one attached hydrogen (secondary N) is 3. The van der Waals surface area contributed by atoms with E-state index in [-0.39, 0.29) is 35.1 Å². The van der Waals surface area contributed by atoms with Gasteiger partial charge in [0.05, 0.1) is 11.8 Å². The van der Waals surface area contributed by atoms with Crippen LogP contribution in [0, 0.1) is 15.2 Å². The number of pyridine rings is 2. The number of benzene rings is 1. The number of halogens is 3. The first-order valence-corrected chi connectivity index (χ1v) is 12.9. The van der Waals surface area contributed by atoms with E-state index in [2.05, 4.69) is 48.5 Å². The lowest BCUT2D eigenvalue weighted by Crippen LogP contribution is -2.44. The van der Waals surface area contributed by atoms with Gasteiger partial charge in [0, 0.05) is 33.7 Å². The predicted molar refractivity (Wildman–Crippen MR) is 143 cm³/mol. The van der Waals surface area contributed by atoms with E-state index in [4.69, 9.17) is 0 Å². The first-order valence-electron chi connectivity index (χ1n) is 11.8. The lowest BCUT2D eigenvalue weighted by atomic mass is 9.91. The molecular formula is C26H23F2IN6O2. The molecule has 0 radical (unpaired) electrons. The zero-order valence-corrected chi connectivity index (χ0v) is 21.7. The van der Waals surface area contributed by atoms with Crippen LogP contribution in [0.1, 0.15) is 46.5 Å². The normalized spacial score (nSPS) is 17.4. The van der Waals surface area contributed by atoms with Crippen LogP contribution < -0.4 is 16.0 Å². The maximum Gasteiger partial charge on any atom is 0.271 e. The fourth-order valence-corrected chi connectivity index (χ4v) is 4.94. The van der Waals surface area contributed by atoms with Crippen molar-refractivity contribution in [3.8, 4) is 0 Å². The number of rotatable bonds is 6. The highest BCUT2D eigenvalue weighted by atomic mass is 127. The molecule has 0 bridgehead atoms. The van der Waals surface area contributed by atoms with Gasteiger partial charge in [-0.15, -0.1) is 0 Å². The van der Waals surface area contributed by atoms with Crippen LogP contribution in [0.3, 0.4) is 0 Å². The van der Waals surface area contributed by atoms with Gasteiger partial charge in [0.15, 0.2) is 0 Å². The van der Waals surface area contributed by atoms with Crippen molar-refractivity contribution in [3.63, 3.8) is 0 Å². The third kappa shape index (κ3) is 6.04. The van der Waals surface area contributed by atoms with Crippen LogP contribution in [0.4, 0.5) is 20.3 Å². The molecule has 5 rings (SSSR count). The Balaban J connectivity index is 1.18. The van der Waals surface area contributed by atoms with E-state index >= 15 is 0 Å². The molecule has 2 amide bonds. The molecule has 4 aromatic rings. The molecule has 3 N–H and O–H groups in total. The minimum absolute atomic E-state index is 0.0733. The molecule has 1 aromatic carbocycles. The molecule has 11 heteroatoms. The summed E-state index contributed by atoms with van der Waals surface area (Å²) in [5, 5.41) is 9.05. The topological polar surface area (TPSA) is 100 Å². The van der Waals surface area contributed by atoms with Gasteiger partial charge in [0.25, 0.3) is 11.8 Å². The van der Waals surface area contributed by atoms with Gasteiger partial charge in [-0.1, -0.05) is 6.07 Å². The molecule has 0 saturated heterocycles. The van der Waals surface area contributed by atoms with Crippen molar-refractivity contribution in [3.05, 3.63) is 87.5 Å². The molecule has 190 valence electrons. The van der Waals surface area contributed by atoms with E-state index in [1.807, 2.05) is 24.3 Å². The third-order valence-electron chi connectivity index (χ3n) is 6.23. The van der Waals surface area contributed by atoms with Crippen molar-refractivity contribution in [1.82, 2.24) is 25.0 Å². The highest BCUT2D eigenvalue weighted by Gasteiger charge is 2.26. The summed E-state index contributed by atoms with van der Waals surface area (Å²) in [6, 6.07) is 11.3. The molecule has 1 saturated carbocycles. The molecule has 0 atom stereocenters. The van der Waals surface area contributed by atoms with Crippen LogP contribution in [0.15, 0.2) is 61.1 Å². The highest BCUT2D eigenvalue weighted by molar-refractivity contribution is 14.1. The summed E-state index contributed by atoms with van der Waals surface area (Å²) < 4.78 is 29.8. The fourth-order valence-electron chi connectivity index (χ4n) is 4.39. The average molecular weight is 616 g/mol. The van der Waals surface area contributed by atoms with E-state index in [0.717, 1.165) is 15.5 Å². The molecule has 37 heavy (non-hydrogen) atoms. The Hall–Kier alpha value is -3.61. The van der Waals surface area contributed by atoms with Crippen molar-refractivity contribution in [2.24, 2.45) is 0 Å². The highest BCUT2D eigenvalue weighted by Crippen LogP contribution is 2.23. The van der Waals surface area contributed by atoms with Crippen LogP contribution in [0.5, 0.6) is 0 Å². The second-order valence-corrected chi connectivity index (χ2v) is 10.2. The minimum atomic E-state index is -0.598. The summed E-state index contributed by atoms with van der Waals surface area (Å²) in [5.41, 5.74) is 1.57. The van der Waals surface area contributed by atoms with Crippen molar-refractivity contribution < 1.29 is 18.4 Å². The monoisotopic (exact) mass is 616 g/mol. The van der Waals surface area contributed by atoms with E-state index in [9.17, 15) is 18.4 Å². The zero-order chi connectivity index (χ0) is 25.9. The number of fused-ring (bicyclic) bond motifs is 1. The standard InChI is InChI=1S/C26H23F2IN6O2/c27-15-4-9-23-34-22(14-35(23)13-15)26(37)33-19-7-5-18(6-8-19)32-25(36)21-10-16(28)12-30-24(21)31-20-3-1-2-17(29)11-20/h1-4,9-14,18-19H,5-8H2,(H,30,31)(H,32,36)(H,33,37). The van der Waals surface area contributed by atoms with Gasteiger partial charge in [-0.3, -0.25) is 9.59 Å². The molecule has 8 nitrogen and oxygen atoms in total. The second-order valence-electron chi connectivity index (χ2n) is 8.92. The van der Waals surface area contributed by atoms with Gasteiger partial charge in [0.2, 0.25) is 0 Å². The van der Waals surface area contributed by atoms with E-state index < -0.39 is 17.5 Å². The molecule has 0 aliphatic heterocycles. The van der Waals surface area contributed by atoms with Gasteiger partial charge < -0.3 is 20.4 Å². The molecule has 1 aliphatic rings. The lowest BCUT2D eigenvalue weighted by Gasteiger charge is -2.29. The van der Waals surface area contributed by atoms with Crippen molar-refractivity contribution in [1.29, 1.82) is 0 Å². The summed E-state index contributed by atoms with van der Waals surface area (Å²) >= 11 is 2.18. The first-order chi connectivity index (χ1) is 17.8. The van der Waals surface area contributed by atoms with Crippen LogP contribution in [-0.4, -0.2) is 38.3 Å².